The highest BCUT2D eigenvalue weighted by atomic mass is 35.5. The lowest BCUT2D eigenvalue weighted by Crippen LogP contribution is -2.54. The fourth-order valence-electron chi connectivity index (χ4n) is 2.41. The largest absolute Gasteiger partial charge is 0.444 e. The van der Waals surface area contributed by atoms with Gasteiger partial charge in [-0.15, -0.1) is 0 Å². The average molecular weight is 340 g/mol. The third kappa shape index (κ3) is 5.22. The maximum absolute atomic E-state index is 12.4. The summed E-state index contributed by atoms with van der Waals surface area (Å²) < 4.78 is 11.0. The summed E-state index contributed by atoms with van der Waals surface area (Å²) in [6.07, 6.45) is 0.299. The van der Waals surface area contributed by atoms with E-state index in [1.807, 2.05) is 45.0 Å². The molecule has 0 bridgehead atoms. The molecule has 0 spiro atoms. The zero-order chi connectivity index (χ0) is 17.0. The lowest BCUT2D eigenvalue weighted by Gasteiger charge is -2.38. The van der Waals surface area contributed by atoms with E-state index in [1.54, 1.807) is 4.90 Å². The monoisotopic (exact) mass is 339 g/mol. The summed E-state index contributed by atoms with van der Waals surface area (Å²) in [6.45, 7) is 5.95. The molecule has 2 atom stereocenters. The van der Waals surface area contributed by atoms with E-state index in [4.69, 9.17) is 21.1 Å². The average Bonchev–Trinajstić information content (AvgIpc) is 2.48. The van der Waals surface area contributed by atoms with Gasteiger partial charge in [-0.1, -0.05) is 23.7 Å². The van der Waals surface area contributed by atoms with Crippen LogP contribution in [0.3, 0.4) is 0 Å². The number of benzene rings is 1. The van der Waals surface area contributed by atoms with E-state index in [1.165, 1.54) is 0 Å². The van der Waals surface area contributed by atoms with Gasteiger partial charge in [0.2, 0.25) is 0 Å². The molecule has 0 N–H and O–H groups in total. The first-order valence-corrected chi connectivity index (χ1v) is 7.97. The molecule has 0 aromatic heterocycles. The molecule has 5 nitrogen and oxygen atoms in total. The zero-order valence-electron chi connectivity index (χ0n) is 13.6. The molecule has 0 radical (unpaired) electrons. The summed E-state index contributed by atoms with van der Waals surface area (Å²) in [5.74, 6) is 0. The van der Waals surface area contributed by atoms with Crippen LogP contribution >= 0.6 is 11.6 Å². The van der Waals surface area contributed by atoms with Crippen LogP contribution in [0.1, 0.15) is 26.3 Å². The Hall–Kier alpha value is -1.59. The van der Waals surface area contributed by atoms with Gasteiger partial charge >= 0.3 is 6.09 Å². The van der Waals surface area contributed by atoms with Crippen LogP contribution in [0.5, 0.6) is 0 Å². The highest BCUT2D eigenvalue weighted by Crippen LogP contribution is 2.20. The third-order valence-electron chi connectivity index (χ3n) is 3.48. The second-order valence-corrected chi connectivity index (χ2v) is 7.06. The molecule has 6 heteroatoms. The zero-order valence-corrected chi connectivity index (χ0v) is 14.4. The van der Waals surface area contributed by atoms with Gasteiger partial charge in [-0.25, -0.2) is 4.79 Å². The predicted octanol–water partition coefficient (Wildman–Crippen LogP) is 3.09. The van der Waals surface area contributed by atoms with Gasteiger partial charge in [-0.05, 0) is 44.9 Å². The number of morpholine rings is 1. The minimum atomic E-state index is -0.607. The molecule has 1 aliphatic rings. The van der Waals surface area contributed by atoms with Crippen molar-refractivity contribution in [3.05, 3.63) is 34.9 Å². The Bertz CT molecular complexity index is 553. The number of carbonyl (C=O) groups excluding carboxylic acids is 2. The van der Waals surface area contributed by atoms with Crippen molar-refractivity contribution >= 4 is 24.0 Å². The Morgan fingerprint density at radius 3 is 2.61 bits per heavy atom. The predicted molar refractivity (Wildman–Crippen MR) is 87.7 cm³/mol. The Morgan fingerprint density at radius 2 is 2.04 bits per heavy atom. The van der Waals surface area contributed by atoms with E-state index in [0.717, 1.165) is 11.8 Å². The summed E-state index contributed by atoms with van der Waals surface area (Å²) in [6, 6.07) is 7.28. The Morgan fingerprint density at radius 1 is 1.39 bits per heavy atom. The number of aldehydes is 1. The molecule has 1 aromatic carbocycles. The smallest absolute Gasteiger partial charge is 0.410 e. The molecule has 0 unspecified atom stereocenters. The minimum absolute atomic E-state index is 0.178. The van der Waals surface area contributed by atoms with Crippen molar-refractivity contribution in [1.82, 2.24) is 4.90 Å². The molecule has 0 aliphatic carbocycles. The van der Waals surface area contributed by atoms with Crippen LogP contribution in [-0.2, 0) is 20.7 Å². The fraction of sp³-hybridized carbons (Fsp3) is 0.529. The molecule has 0 saturated carbocycles. The van der Waals surface area contributed by atoms with Crippen LogP contribution in [0.4, 0.5) is 4.79 Å². The third-order valence-corrected chi connectivity index (χ3v) is 3.74. The van der Waals surface area contributed by atoms with Gasteiger partial charge in [0.15, 0.2) is 6.29 Å². The number of halogens is 1. The molecule has 1 amide bonds. The quantitative estimate of drug-likeness (QED) is 0.794. The topological polar surface area (TPSA) is 55.8 Å². The minimum Gasteiger partial charge on any atom is -0.444 e. The van der Waals surface area contributed by atoms with E-state index in [2.05, 4.69) is 0 Å². The van der Waals surface area contributed by atoms with Gasteiger partial charge in [0, 0.05) is 5.02 Å². The van der Waals surface area contributed by atoms with Crippen molar-refractivity contribution in [1.29, 1.82) is 0 Å². The van der Waals surface area contributed by atoms with Crippen LogP contribution in [0.2, 0.25) is 5.02 Å². The molecule has 1 fully saturated rings. The van der Waals surface area contributed by atoms with Gasteiger partial charge in [-0.2, -0.15) is 0 Å². The maximum atomic E-state index is 12.4. The molecular formula is C17H22ClNO4. The Labute approximate surface area is 141 Å². The second kappa shape index (κ2) is 7.32. The molecule has 1 saturated heterocycles. The van der Waals surface area contributed by atoms with Gasteiger partial charge in [0.05, 0.1) is 19.2 Å². The molecule has 2 rings (SSSR count). The summed E-state index contributed by atoms with van der Waals surface area (Å²) >= 11 is 5.90. The molecule has 1 heterocycles. The van der Waals surface area contributed by atoms with Crippen LogP contribution in [0.25, 0.3) is 0 Å². The highest BCUT2D eigenvalue weighted by molar-refractivity contribution is 6.30. The Kier molecular flexibility index (Phi) is 5.65. The summed E-state index contributed by atoms with van der Waals surface area (Å²) in [5.41, 5.74) is 0.456. The number of amides is 1. The van der Waals surface area contributed by atoms with E-state index in [0.29, 0.717) is 18.1 Å². The van der Waals surface area contributed by atoms with Crippen molar-refractivity contribution in [2.75, 3.05) is 13.2 Å². The molecule has 126 valence electrons. The van der Waals surface area contributed by atoms with Crippen LogP contribution < -0.4 is 0 Å². The first-order valence-electron chi connectivity index (χ1n) is 7.59. The SMILES string of the molecule is CC(C)(C)OC(=O)N1C[C@H](C=O)OC[C@@H]1Cc1ccc(Cl)cc1. The fourth-order valence-corrected chi connectivity index (χ4v) is 2.53. The second-order valence-electron chi connectivity index (χ2n) is 6.62. The summed E-state index contributed by atoms with van der Waals surface area (Å²) in [5, 5.41) is 0.665. The summed E-state index contributed by atoms with van der Waals surface area (Å²) in [7, 11) is 0. The number of carbonyl (C=O) groups is 2. The highest BCUT2D eigenvalue weighted by Gasteiger charge is 2.34. The maximum Gasteiger partial charge on any atom is 0.410 e. The number of hydrogen-bond donors (Lipinski definition) is 0. The number of ether oxygens (including phenoxy) is 2. The number of rotatable bonds is 3. The van der Waals surface area contributed by atoms with Crippen LogP contribution in [0, 0.1) is 0 Å². The molecule has 23 heavy (non-hydrogen) atoms. The van der Waals surface area contributed by atoms with E-state index >= 15 is 0 Å². The van der Waals surface area contributed by atoms with Crippen LogP contribution in [0.15, 0.2) is 24.3 Å². The first kappa shape index (κ1) is 17.8. The lowest BCUT2D eigenvalue weighted by molar-refractivity contribution is -0.126. The van der Waals surface area contributed by atoms with E-state index < -0.39 is 17.8 Å². The standard InChI is InChI=1S/C17H22ClNO4/c1-17(2,3)23-16(21)19-9-15(10-20)22-11-14(19)8-12-4-6-13(18)7-5-12/h4-7,10,14-15H,8-9,11H2,1-3H3/t14-,15+/m0/s1. The van der Waals surface area contributed by atoms with Crippen molar-refractivity contribution in [3.63, 3.8) is 0 Å². The van der Waals surface area contributed by atoms with Gasteiger partial charge in [-0.3, -0.25) is 4.90 Å². The molecule has 1 aromatic rings. The number of hydrogen-bond acceptors (Lipinski definition) is 4. The van der Waals surface area contributed by atoms with Crippen molar-refractivity contribution < 1.29 is 19.1 Å². The van der Waals surface area contributed by atoms with Gasteiger partial charge in [0.1, 0.15) is 11.7 Å². The molecule has 1 aliphatic heterocycles. The van der Waals surface area contributed by atoms with E-state index in [-0.39, 0.29) is 12.6 Å². The van der Waals surface area contributed by atoms with Gasteiger partial charge in [0.25, 0.3) is 0 Å². The van der Waals surface area contributed by atoms with E-state index in [9.17, 15) is 9.59 Å². The normalized spacial score (nSPS) is 21.8. The van der Waals surface area contributed by atoms with Crippen molar-refractivity contribution in [2.24, 2.45) is 0 Å². The Balaban J connectivity index is 2.12. The number of nitrogens with zero attached hydrogens (tertiary/aromatic N) is 1. The van der Waals surface area contributed by atoms with Crippen molar-refractivity contribution in [3.8, 4) is 0 Å². The van der Waals surface area contributed by atoms with Crippen molar-refractivity contribution in [2.45, 2.75) is 44.9 Å². The van der Waals surface area contributed by atoms with Crippen LogP contribution in [-0.4, -0.2) is 48.2 Å². The first-order chi connectivity index (χ1) is 10.8. The van der Waals surface area contributed by atoms with Gasteiger partial charge < -0.3 is 14.3 Å². The lowest BCUT2D eigenvalue weighted by atomic mass is 10.0. The summed E-state index contributed by atoms with van der Waals surface area (Å²) in [4.78, 5) is 25.0. The molecular weight excluding hydrogens is 318 g/mol.